The van der Waals surface area contributed by atoms with Gasteiger partial charge in [-0.2, -0.15) is 0 Å². The summed E-state index contributed by atoms with van der Waals surface area (Å²) in [5.41, 5.74) is 1.28. The first-order valence-corrected chi connectivity index (χ1v) is 11.2. The molecular weight excluding hydrogens is 398 g/mol. The van der Waals surface area contributed by atoms with Crippen molar-refractivity contribution in [2.45, 2.75) is 31.2 Å². The summed E-state index contributed by atoms with van der Waals surface area (Å²) in [6, 6.07) is 8.38. The first kappa shape index (κ1) is 20.5. The van der Waals surface area contributed by atoms with Crippen molar-refractivity contribution in [3.63, 3.8) is 0 Å². The molecule has 1 aliphatic carbocycles. The molecule has 0 unspecified atom stereocenters. The summed E-state index contributed by atoms with van der Waals surface area (Å²) < 4.78 is 26.1. The largest absolute Gasteiger partial charge is 0.347 e. The molecule has 1 saturated carbocycles. The number of nitrogens with zero attached hydrogens (tertiary/aromatic N) is 1. The molecule has 1 aromatic carbocycles. The van der Waals surface area contributed by atoms with Crippen LogP contribution in [0.3, 0.4) is 0 Å². The number of benzene rings is 1. The molecule has 1 aliphatic rings. The van der Waals surface area contributed by atoms with Crippen LogP contribution in [0.2, 0.25) is 0 Å². The number of thiophene rings is 1. The van der Waals surface area contributed by atoms with Gasteiger partial charge in [-0.25, -0.2) is 12.7 Å². The number of nitrogens with one attached hydrogen (secondary N) is 2. The lowest BCUT2D eigenvalue weighted by Crippen LogP contribution is -2.27. The Balaban J connectivity index is 1.71. The van der Waals surface area contributed by atoms with Crippen LogP contribution < -0.4 is 10.6 Å². The van der Waals surface area contributed by atoms with E-state index >= 15 is 0 Å². The molecule has 0 bridgehead atoms. The fraction of sp³-hybridized carbons (Fsp3) is 0.368. The normalized spacial score (nSPS) is 14.1. The van der Waals surface area contributed by atoms with Crippen molar-refractivity contribution in [1.29, 1.82) is 0 Å². The summed E-state index contributed by atoms with van der Waals surface area (Å²) in [7, 11) is -0.664. The third-order valence-corrected chi connectivity index (χ3v) is 7.56. The maximum atomic E-state index is 12.6. The smallest absolute Gasteiger partial charge is 0.261 e. The second-order valence-corrected chi connectivity index (χ2v) is 10.1. The molecule has 7 nitrogen and oxygen atoms in total. The van der Waals surface area contributed by atoms with Gasteiger partial charge < -0.3 is 10.6 Å². The van der Waals surface area contributed by atoms with Crippen LogP contribution in [0, 0.1) is 12.8 Å². The van der Waals surface area contributed by atoms with Crippen molar-refractivity contribution in [3.05, 3.63) is 46.3 Å². The molecule has 0 radical (unpaired) electrons. The Labute approximate surface area is 168 Å². The van der Waals surface area contributed by atoms with Crippen molar-refractivity contribution < 1.29 is 18.0 Å². The molecule has 1 aromatic heterocycles. The molecule has 150 valence electrons. The number of hydrogen-bond donors (Lipinski definition) is 2. The summed E-state index contributed by atoms with van der Waals surface area (Å²) in [5, 5.41) is 6.28. The molecule has 2 N–H and O–H groups in total. The number of sulfonamides is 1. The Bertz CT molecular complexity index is 1010. The quantitative estimate of drug-likeness (QED) is 0.718. The second-order valence-electron chi connectivity index (χ2n) is 6.96. The van der Waals surface area contributed by atoms with Gasteiger partial charge in [-0.05, 0) is 43.0 Å². The Morgan fingerprint density at radius 1 is 1.21 bits per heavy atom. The van der Waals surface area contributed by atoms with E-state index in [1.165, 1.54) is 31.5 Å². The van der Waals surface area contributed by atoms with E-state index < -0.39 is 10.0 Å². The Morgan fingerprint density at radius 3 is 2.54 bits per heavy atom. The number of rotatable bonds is 7. The first-order valence-electron chi connectivity index (χ1n) is 8.90. The minimum Gasteiger partial charge on any atom is -0.347 e. The lowest BCUT2D eigenvalue weighted by molar-refractivity contribution is -0.117. The summed E-state index contributed by atoms with van der Waals surface area (Å²) in [6.07, 6.45) is 1.83. The van der Waals surface area contributed by atoms with Crippen LogP contribution in [0.5, 0.6) is 0 Å². The van der Waals surface area contributed by atoms with Crippen LogP contribution in [-0.4, -0.2) is 38.6 Å². The fourth-order valence-electron chi connectivity index (χ4n) is 2.69. The van der Waals surface area contributed by atoms with Crippen LogP contribution in [0.4, 0.5) is 5.00 Å². The van der Waals surface area contributed by atoms with E-state index in [-0.39, 0.29) is 29.2 Å². The van der Waals surface area contributed by atoms with Crippen LogP contribution in [-0.2, 0) is 21.4 Å². The molecule has 1 fully saturated rings. The SMILES string of the molecule is Cc1cc(NC(=O)C2CC2)sc1C(=O)NCc1ccccc1S(=O)(=O)N(C)C. The van der Waals surface area contributed by atoms with Crippen molar-refractivity contribution in [3.8, 4) is 0 Å². The summed E-state index contributed by atoms with van der Waals surface area (Å²) in [6.45, 7) is 1.89. The predicted molar refractivity (Wildman–Crippen MR) is 109 cm³/mol. The molecule has 3 rings (SSSR count). The van der Waals surface area contributed by atoms with E-state index in [4.69, 9.17) is 0 Å². The predicted octanol–water partition coefficient (Wildman–Crippen LogP) is 2.59. The summed E-state index contributed by atoms with van der Waals surface area (Å²) in [5.74, 6) is -0.211. The molecule has 2 amide bonds. The molecule has 28 heavy (non-hydrogen) atoms. The minimum absolute atomic E-state index is 0.00368. The molecule has 2 aromatic rings. The topological polar surface area (TPSA) is 95.6 Å². The van der Waals surface area contributed by atoms with E-state index in [1.807, 2.05) is 6.92 Å². The maximum Gasteiger partial charge on any atom is 0.261 e. The number of anilines is 1. The Morgan fingerprint density at radius 2 is 1.89 bits per heavy atom. The van der Waals surface area contributed by atoms with Gasteiger partial charge in [-0.1, -0.05) is 18.2 Å². The highest BCUT2D eigenvalue weighted by molar-refractivity contribution is 7.89. The molecule has 0 saturated heterocycles. The van der Waals surface area contributed by atoms with Crippen molar-refractivity contribution in [1.82, 2.24) is 9.62 Å². The number of hydrogen-bond acceptors (Lipinski definition) is 5. The number of carbonyl (C=O) groups excluding carboxylic acids is 2. The van der Waals surface area contributed by atoms with Crippen LogP contribution in [0.15, 0.2) is 35.2 Å². The maximum absolute atomic E-state index is 12.6. The molecule has 0 spiro atoms. The first-order chi connectivity index (χ1) is 13.2. The molecular formula is C19H23N3O4S2. The summed E-state index contributed by atoms with van der Waals surface area (Å²) >= 11 is 1.22. The van der Waals surface area contributed by atoms with Crippen molar-refractivity contribution in [2.24, 2.45) is 5.92 Å². The zero-order chi connectivity index (χ0) is 20.5. The van der Waals surface area contributed by atoms with Crippen molar-refractivity contribution >= 4 is 38.2 Å². The molecule has 9 heteroatoms. The third-order valence-electron chi connectivity index (χ3n) is 4.49. The lowest BCUT2D eigenvalue weighted by Gasteiger charge is -2.15. The lowest BCUT2D eigenvalue weighted by atomic mass is 10.2. The van der Waals surface area contributed by atoms with Gasteiger partial charge in [0.15, 0.2) is 0 Å². The van der Waals surface area contributed by atoms with E-state index in [9.17, 15) is 18.0 Å². The van der Waals surface area contributed by atoms with Gasteiger partial charge in [0.2, 0.25) is 15.9 Å². The number of carbonyl (C=O) groups is 2. The van der Waals surface area contributed by atoms with E-state index in [0.29, 0.717) is 15.4 Å². The number of amides is 2. The monoisotopic (exact) mass is 421 g/mol. The van der Waals surface area contributed by atoms with Gasteiger partial charge in [-0.15, -0.1) is 11.3 Å². The van der Waals surface area contributed by atoms with Crippen LogP contribution in [0.1, 0.15) is 33.6 Å². The number of aryl methyl sites for hydroxylation is 1. The molecule has 0 aliphatic heterocycles. The van der Waals surface area contributed by atoms with E-state index in [1.54, 1.807) is 24.3 Å². The van der Waals surface area contributed by atoms with Crippen molar-refractivity contribution in [2.75, 3.05) is 19.4 Å². The minimum atomic E-state index is -3.60. The highest BCUT2D eigenvalue weighted by Gasteiger charge is 2.30. The Hall–Kier alpha value is -2.23. The highest BCUT2D eigenvalue weighted by Crippen LogP contribution is 2.32. The zero-order valence-corrected chi connectivity index (χ0v) is 17.6. The van der Waals surface area contributed by atoms with Gasteiger partial charge in [0.05, 0.1) is 14.8 Å². The molecule has 0 atom stereocenters. The zero-order valence-electron chi connectivity index (χ0n) is 16.0. The van der Waals surface area contributed by atoms with Gasteiger partial charge in [-0.3, -0.25) is 9.59 Å². The van der Waals surface area contributed by atoms with Gasteiger partial charge in [0, 0.05) is 26.6 Å². The van der Waals surface area contributed by atoms with Gasteiger partial charge >= 0.3 is 0 Å². The van der Waals surface area contributed by atoms with Crippen LogP contribution in [0.25, 0.3) is 0 Å². The highest BCUT2D eigenvalue weighted by atomic mass is 32.2. The van der Waals surface area contributed by atoms with E-state index in [2.05, 4.69) is 10.6 Å². The molecule has 1 heterocycles. The fourth-order valence-corrected chi connectivity index (χ4v) is 4.80. The Kier molecular flexibility index (Phi) is 5.87. The average Bonchev–Trinajstić information content (AvgIpc) is 3.43. The van der Waals surface area contributed by atoms with Gasteiger partial charge in [0.25, 0.3) is 5.91 Å². The standard InChI is InChI=1S/C19H23N3O4S2/c1-12-10-16(21-18(23)13-8-9-13)27-17(12)19(24)20-11-14-6-4-5-7-15(14)28(25,26)22(2)3/h4-7,10,13H,8-9,11H2,1-3H3,(H,20,24)(H,21,23). The van der Waals surface area contributed by atoms with Gasteiger partial charge in [0.1, 0.15) is 0 Å². The summed E-state index contributed by atoms with van der Waals surface area (Å²) in [4.78, 5) is 25.2. The van der Waals surface area contributed by atoms with Crippen LogP contribution >= 0.6 is 11.3 Å². The second kappa shape index (κ2) is 8.02. The van der Waals surface area contributed by atoms with E-state index in [0.717, 1.165) is 22.7 Å². The average molecular weight is 422 g/mol. The third kappa shape index (κ3) is 4.43.